The van der Waals surface area contributed by atoms with Crippen LogP contribution in [-0.2, 0) is 16.2 Å². The zero-order valence-electron chi connectivity index (χ0n) is 14.7. The molecule has 3 heterocycles. The highest BCUT2D eigenvalue weighted by molar-refractivity contribution is 7.18. The molecule has 8 heteroatoms. The maximum absolute atomic E-state index is 12.7. The minimum absolute atomic E-state index is 0.00610. The summed E-state index contributed by atoms with van der Waals surface area (Å²) in [6.07, 6.45) is -0.0578. The third kappa shape index (κ3) is 4.26. The van der Waals surface area contributed by atoms with Crippen molar-refractivity contribution in [2.45, 2.75) is 19.1 Å². The number of carbonyl (C=O) groups excluding carboxylic acids is 1. The topological polar surface area (TPSA) is 65.4 Å². The smallest absolute Gasteiger partial charge is 0.266 e. The number of phenols is 1. The molecular weight excluding hydrogens is 386 g/mol. The summed E-state index contributed by atoms with van der Waals surface area (Å²) in [6, 6.07) is 11.0. The standard InChI is InChI=1S/C19H20ClN3O3S/c20-18-5-4-17(27-18)15-11-16(26-21-15)19(25)23-8-6-22(7-9-23)12-13-2-1-3-14(24)10-13/h1-5,10,16,24H,6-9,11-12H2/t16-/m0/s1. The summed E-state index contributed by atoms with van der Waals surface area (Å²) in [7, 11) is 0. The number of oxime groups is 1. The van der Waals surface area contributed by atoms with Gasteiger partial charge in [0.1, 0.15) is 11.5 Å². The Morgan fingerprint density at radius 2 is 2.07 bits per heavy atom. The summed E-state index contributed by atoms with van der Waals surface area (Å²) in [5.74, 6) is 0.274. The quantitative estimate of drug-likeness (QED) is 0.849. The Kier molecular flexibility index (Phi) is 5.33. The van der Waals surface area contributed by atoms with Crippen LogP contribution in [-0.4, -0.2) is 58.8 Å². The highest BCUT2D eigenvalue weighted by Crippen LogP contribution is 2.27. The molecule has 1 atom stereocenters. The maximum atomic E-state index is 12.7. The Morgan fingerprint density at radius 3 is 2.78 bits per heavy atom. The number of phenolic OH excluding ortho intramolecular Hbond substituents is 1. The molecule has 1 N–H and O–H groups in total. The van der Waals surface area contributed by atoms with E-state index in [1.165, 1.54) is 11.3 Å². The number of benzene rings is 1. The molecule has 27 heavy (non-hydrogen) atoms. The monoisotopic (exact) mass is 405 g/mol. The third-order valence-corrected chi connectivity index (χ3v) is 6.08. The van der Waals surface area contributed by atoms with Gasteiger partial charge in [-0.25, -0.2) is 0 Å². The number of aromatic hydroxyl groups is 1. The number of thiophene rings is 1. The first kappa shape index (κ1) is 18.3. The van der Waals surface area contributed by atoms with E-state index < -0.39 is 6.10 Å². The predicted octanol–water partition coefficient (Wildman–Crippen LogP) is 2.94. The van der Waals surface area contributed by atoms with Gasteiger partial charge in [0.15, 0.2) is 0 Å². The van der Waals surface area contributed by atoms with Gasteiger partial charge in [-0.1, -0.05) is 28.9 Å². The fourth-order valence-electron chi connectivity index (χ4n) is 3.37. The molecule has 1 fully saturated rings. The van der Waals surface area contributed by atoms with Crippen LogP contribution >= 0.6 is 22.9 Å². The van der Waals surface area contributed by atoms with Gasteiger partial charge in [-0.2, -0.15) is 0 Å². The molecule has 1 amide bonds. The zero-order valence-corrected chi connectivity index (χ0v) is 16.2. The zero-order chi connectivity index (χ0) is 18.8. The summed E-state index contributed by atoms with van der Waals surface area (Å²) < 4.78 is 0.699. The summed E-state index contributed by atoms with van der Waals surface area (Å²) >= 11 is 7.41. The summed E-state index contributed by atoms with van der Waals surface area (Å²) in [5.41, 5.74) is 1.86. The molecule has 2 aromatic rings. The molecule has 0 unspecified atom stereocenters. The molecule has 1 aromatic carbocycles. The van der Waals surface area contributed by atoms with Crippen LogP contribution in [0.15, 0.2) is 41.6 Å². The first-order valence-corrected chi connectivity index (χ1v) is 10.1. The van der Waals surface area contributed by atoms with E-state index in [4.69, 9.17) is 16.4 Å². The fraction of sp³-hybridized carbons (Fsp3) is 0.368. The van der Waals surface area contributed by atoms with Crippen molar-refractivity contribution in [1.82, 2.24) is 9.80 Å². The van der Waals surface area contributed by atoms with Gasteiger partial charge in [-0.05, 0) is 29.8 Å². The molecule has 0 spiro atoms. The minimum Gasteiger partial charge on any atom is -0.508 e. The van der Waals surface area contributed by atoms with Crippen molar-refractivity contribution in [3.05, 3.63) is 51.2 Å². The molecule has 0 aliphatic carbocycles. The van der Waals surface area contributed by atoms with Crippen LogP contribution in [0.5, 0.6) is 5.75 Å². The fourth-order valence-corrected chi connectivity index (χ4v) is 4.40. The molecular formula is C19H20ClN3O3S. The first-order chi connectivity index (χ1) is 13.1. The number of hydrogen-bond acceptors (Lipinski definition) is 6. The SMILES string of the molecule is O=C([C@@H]1CC(c2ccc(Cl)s2)=NO1)N1CCN(Cc2cccc(O)c2)CC1. The van der Waals surface area contributed by atoms with Crippen molar-refractivity contribution in [3.8, 4) is 5.75 Å². The number of carbonyl (C=O) groups is 1. The Bertz CT molecular complexity index is 861. The van der Waals surface area contributed by atoms with Gasteiger partial charge in [0.05, 0.1) is 9.21 Å². The molecule has 142 valence electrons. The van der Waals surface area contributed by atoms with Crippen LogP contribution in [0.2, 0.25) is 4.34 Å². The second kappa shape index (κ2) is 7.88. The highest BCUT2D eigenvalue weighted by atomic mass is 35.5. The number of amides is 1. The van der Waals surface area contributed by atoms with Gasteiger partial charge in [-0.15, -0.1) is 11.3 Å². The summed E-state index contributed by atoms with van der Waals surface area (Å²) in [5, 5.41) is 13.7. The minimum atomic E-state index is -0.543. The Labute approximate surface area is 166 Å². The van der Waals surface area contributed by atoms with E-state index in [-0.39, 0.29) is 11.7 Å². The molecule has 2 aliphatic heterocycles. The van der Waals surface area contributed by atoms with Crippen LogP contribution in [0.1, 0.15) is 16.9 Å². The lowest BCUT2D eigenvalue weighted by atomic mass is 10.1. The number of nitrogens with zero attached hydrogens (tertiary/aromatic N) is 3. The average Bonchev–Trinajstić information content (AvgIpc) is 3.31. The van der Waals surface area contributed by atoms with Crippen molar-refractivity contribution in [1.29, 1.82) is 0 Å². The lowest BCUT2D eigenvalue weighted by Crippen LogP contribution is -2.51. The lowest BCUT2D eigenvalue weighted by Gasteiger charge is -2.35. The van der Waals surface area contributed by atoms with Crippen LogP contribution in [0.25, 0.3) is 0 Å². The average molecular weight is 406 g/mol. The van der Waals surface area contributed by atoms with Gasteiger partial charge in [0, 0.05) is 39.1 Å². The predicted molar refractivity (Wildman–Crippen MR) is 105 cm³/mol. The van der Waals surface area contributed by atoms with Crippen molar-refractivity contribution in [3.63, 3.8) is 0 Å². The largest absolute Gasteiger partial charge is 0.508 e. The summed E-state index contributed by atoms with van der Waals surface area (Å²) in [4.78, 5) is 23.2. The van der Waals surface area contributed by atoms with E-state index >= 15 is 0 Å². The maximum Gasteiger partial charge on any atom is 0.266 e. The van der Waals surface area contributed by atoms with Gasteiger partial charge >= 0.3 is 0 Å². The number of halogens is 1. The number of rotatable bonds is 4. The molecule has 1 saturated heterocycles. The van der Waals surface area contributed by atoms with Gasteiger partial charge in [0.2, 0.25) is 6.10 Å². The first-order valence-electron chi connectivity index (χ1n) is 8.86. The molecule has 6 nitrogen and oxygen atoms in total. The number of hydrogen-bond donors (Lipinski definition) is 1. The Hall–Kier alpha value is -2.09. The van der Waals surface area contributed by atoms with E-state index in [2.05, 4.69) is 10.1 Å². The second-order valence-corrected chi connectivity index (χ2v) is 8.43. The molecule has 0 radical (unpaired) electrons. The normalized spacial score (nSPS) is 20.4. The van der Waals surface area contributed by atoms with Crippen LogP contribution in [0.3, 0.4) is 0 Å². The van der Waals surface area contributed by atoms with E-state index in [1.807, 2.05) is 29.2 Å². The van der Waals surface area contributed by atoms with E-state index in [0.29, 0.717) is 23.8 Å². The molecule has 2 aliphatic rings. The molecule has 0 bridgehead atoms. The van der Waals surface area contributed by atoms with Crippen LogP contribution < -0.4 is 0 Å². The Balaban J connectivity index is 1.28. The van der Waals surface area contributed by atoms with Gasteiger partial charge in [0.25, 0.3) is 5.91 Å². The second-order valence-electron chi connectivity index (χ2n) is 6.71. The van der Waals surface area contributed by atoms with Gasteiger partial charge < -0.3 is 14.8 Å². The van der Waals surface area contributed by atoms with Gasteiger partial charge in [-0.3, -0.25) is 9.69 Å². The highest BCUT2D eigenvalue weighted by Gasteiger charge is 2.34. The Morgan fingerprint density at radius 1 is 1.26 bits per heavy atom. The van der Waals surface area contributed by atoms with Crippen molar-refractivity contribution in [2.24, 2.45) is 5.16 Å². The number of piperazine rings is 1. The van der Waals surface area contributed by atoms with E-state index in [0.717, 1.165) is 35.8 Å². The van der Waals surface area contributed by atoms with E-state index in [1.54, 1.807) is 12.1 Å². The lowest BCUT2D eigenvalue weighted by molar-refractivity contribution is -0.143. The molecule has 4 rings (SSSR count). The molecule has 0 saturated carbocycles. The summed E-state index contributed by atoms with van der Waals surface area (Å²) in [6.45, 7) is 3.68. The van der Waals surface area contributed by atoms with Crippen LogP contribution in [0.4, 0.5) is 0 Å². The van der Waals surface area contributed by atoms with Crippen LogP contribution in [0, 0.1) is 0 Å². The van der Waals surface area contributed by atoms with Crippen molar-refractivity contribution >= 4 is 34.6 Å². The van der Waals surface area contributed by atoms with Crippen molar-refractivity contribution < 1.29 is 14.7 Å². The third-order valence-electron chi connectivity index (χ3n) is 4.80. The van der Waals surface area contributed by atoms with Crippen molar-refractivity contribution in [2.75, 3.05) is 26.2 Å². The van der Waals surface area contributed by atoms with E-state index in [9.17, 15) is 9.90 Å². The molecule has 1 aromatic heterocycles.